The molecule has 0 radical (unpaired) electrons. The third-order valence-electron chi connectivity index (χ3n) is 4.82. The molecule has 1 aliphatic rings. The quantitative estimate of drug-likeness (QED) is 0.794. The van der Waals surface area contributed by atoms with Gasteiger partial charge in [0.25, 0.3) is 0 Å². The van der Waals surface area contributed by atoms with Gasteiger partial charge in [-0.3, -0.25) is 9.59 Å². The Balaban J connectivity index is 1.56. The van der Waals surface area contributed by atoms with Crippen LogP contribution in [0.4, 0.5) is 22.7 Å². The third kappa shape index (κ3) is 5.01. The fourth-order valence-corrected chi connectivity index (χ4v) is 3.06. The van der Waals surface area contributed by atoms with Gasteiger partial charge in [-0.15, -0.1) is 0 Å². The summed E-state index contributed by atoms with van der Waals surface area (Å²) in [7, 11) is 5.96. The number of anilines is 4. The van der Waals surface area contributed by atoms with E-state index in [1.54, 1.807) is 6.07 Å². The molecule has 0 aromatic heterocycles. The Morgan fingerprint density at radius 3 is 2.07 bits per heavy atom. The molecule has 7 heteroatoms. The van der Waals surface area contributed by atoms with Gasteiger partial charge >= 0.3 is 11.8 Å². The number of hydrogen-bond acceptors (Lipinski definition) is 5. The minimum atomic E-state index is -0.695. The summed E-state index contributed by atoms with van der Waals surface area (Å²) in [6.07, 6.45) is 0. The van der Waals surface area contributed by atoms with E-state index in [9.17, 15) is 9.59 Å². The Bertz CT molecular complexity index is 827. The van der Waals surface area contributed by atoms with Gasteiger partial charge in [0.1, 0.15) is 0 Å². The molecule has 2 aromatic rings. The van der Waals surface area contributed by atoms with E-state index >= 15 is 0 Å². The van der Waals surface area contributed by atoms with Crippen molar-refractivity contribution in [2.75, 3.05) is 67.8 Å². The van der Waals surface area contributed by atoms with Crippen LogP contribution in [0.15, 0.2) is 48.5 Å². The van der Waals surface area contributed by atoms with Gasteiger partial charge in [0.15, 0.2) is 0 Å². The monoisotopic (exact) mass is 381 g/mol. The topological polar surface area (TPSA) is 67.9 Å². The van der Waals surface area contributed by atoms with Crippen LogP contribution in [0.3, 0.4) is 0 Å². The SMILES string of the molecule is CN1CCN(c2ccc(NC(=O)C(=O)Nc3cccc(N(C)C)c3)cc2)CC1. The maximum Gasteiger partial charge on any atom is 0.314 e. The summed E-state index contributed by atoms with van der Waals surface area (Å²) >= 11 is 0. The number of benzene rings is 2. The molecule has 3 rings (SSSR count). The maximum atomic E-state index is 12.2. The highest BCUT2D eigenvalue weighted by Crippen LogP contribution is 2.20. The number of piperazine rings is 1. The first-order chi connectivity index (χ1) is 13.4. The van der Waals surface area contributed by atoms with Crippen molar-refractivity contribution in [3.8, 4) is 0 Å². The van der Waals surface area contributed by atoms with Crippen molar-refractivity contribution in [3.63, 3.8) is 0 Å². The van der Waals surface area contributed by atoms with Crippen LogP contribution in [0, 0.1) is 0 Å². The molecule has 0 aliphatic carbocycles. The number of rotatable bonds is 4. The number of nitrogens with one attached hydrogen (secondary N) is 2. The lowest BCUT2D eigenvalue weighted by molar-refractivity contribution is -0.132. The maximum absolute atomic E-state index is 12.2. The average molecular weight is 381 g/mol. The second-order valence-corrected chi connectivity index (χ2v) is 7.19. The zero-order valence-corrected chi connectivity index (χ0v) is 16.6. The minimum Gasteiger partial charge on any atom is -0.378 e. The summed E-state index contributed by atoms with van der Waals surface area (Å²) in [6.45, 7) is 4.04. The van der Waals surface area contributed by atoms with Crippen molar-refractivity contribution in [2.24, 2.45) is 0 Å². The van der Waals surface area contributed by atoms with Gasteiger partial charge in [0.2, 0.25) is 0 Å². The molecule has 2 aromatic carbocycles. The number of carbonyl (C=O) groups is 2. The summed E-state index contributed by atoms with van der Waals surface area (Å²) in [4.78, 5) is 30.9. The van der Waals surface area contributed by atoms with Crippen molar-refractivity contribution < 1.29 is 9.59 Å². The summed E-state index contributed by atoms with van der Waals surface area (Å²) < 4.78 is 0. The van der Waals surface area contributed by atoms with Gasteiger partial charge in [-0.05, 0) is 49.5 Å². The molecule has 0 spiro atoms. The highest BCUT2D eigenvalue weighted by Gasteiger charge is 2.16. The Morgan fingerprint density at radius 1 is 0.857 bits per heavy atom. The number of carbonyl (C=O) groups excluding carboxylic acids is 2. The van der Waals surface area contributed by atoms with E-state index < -0.39 is 11.8 Å². The molecule has 1 fully saturated rings. The predicted molar refractivity (Wildman–Crippen MR) is 114 cm³/mol. The first-order valence-electron chi connectivity index (χ1n) is 9.35. The van der Waals surface area contributed by atoms with E-state index in [1.165, 1.54) is 0 Å². The summed E-state index contributed by atoms with van der Waals surface area (Å²) in [5.74, 6) is -1.39. The van der Waals surface area contributed by atoms with Crippen molar-refractivity contribution in [3.05, 3.63) is 48.5 Å². The first kappa shape index (κ1) is 19.7. The molecular weight excluding hydrogens is 354 g/mol. The largest absolute Gasteiger partial charge is 0.378 e. The molecule has 28 heavy (non-hydrogen) atoms. The third-order valence-corrected chi connectivity index (χ3v) is 4.82. The molecule has 2 amide bonds. The lowest BCUT2D eigenvalue weighted by atomic mass is 10.2. The van der Waals surface area contributed by atoms with E-state index in [4.69, 9.17) is 0 Å². The van der Waals surface area contributed by atoms with Crippen LogP contribution in [0.5, 0.6) is 0 Å². The summed E-state index contributed by atoms with van der Waals surface area (Å²) in [6, 6.07) is 14.9. The van der Waals surface area contributed by atoms with Crippen LogP contribution in [-0.2, 0) is 9.59 Å². The highest BCUT2D eigenvalue weighted by molar-refractivity contribution is 6.43. The van der Waals surface area contributed by atoms with Gasteiger partial charge < -0.3 is 25.3 Å². The molecule has 1 aliphatic heterocycles. The molecule has 0 saturated carbocycles. The van der Waals surface area contributed by atoms with Crippen LogP contribution in [0.1, 0.15) is 0 Å². The Hall–Kier alpha value is -3.06. The fraction of sp³-hybridized carbons (Fsp3) is 0.333. The number of hydrogen-bond donors (Lipinski definition) is 2. The average Bonchev–Trinajstić information content (AvgIpc) is 2.69. The van der Waals surface area contributed by atoms with Crippen molar-refractivity contribution in [1.82, 2.24) is 4.90 Å². The smallest absolute Gasteiger partial charge is 0.314 e. The lowest BCUT2D eigenvalue weighted by Gasteiger charge is -2.34. The zero-order valence-electron chi connectivity index (χ0n) is 16.6. The second-order valence-electron chi connectivity index (χ2n) is 7.19. The van der Waals surface area contributed by atoms with Gasteiger partial charge in [0.05, 0.1) is 0 Å². The molecule has 1 heterocycles. The second kappa shape index (κ2) is 8.75. The van der Waals surface area contributed by atoms with Crippen LogP contribution >= 0.6 is 0 Å². The Labute approximate surface area is 165 Å². The Morgan fingerprint density at radius 2 is 1.46 bits per heavy atom. The summed E-state index contributed by atoms with van der Waals surface area (Å²) in [5, 5.41) is 5.28. The molecule has 148 valence electrons. The Kier molecular flexibility index (Phi) is 6.16. The normalized spacial score (nSPS) is 14.5. The van der Waals surface area contributed by atoms with Crippen molar-refractivity contribution in [1.29, 1.82) is 0 Å². The molecule has 0 unspecified atom stereocenters. The van der Waals surface area contributed by atoms with Crippen LogP contribution in [0.2, 0.25) is 0 Å². The van der Waals surface area contributed by atoms with E-state index in [0.29, 0.717) is 11.4 Å². The van der Waals surface area contributed by atoms with E-state index in [-0.39, 0.29) is 0 Å². The number of nitrogens with zero attached hydrogens (tertiary/aromatic N) is 3. The zero-order chi connectivity index (χ0) is 20.1. The van der Waals surface area contributed by atoms with Crippen molar-refractivity contribution >= 4 is 34.6 Å². The predicted octanol–water partition coefficient (Wildman–Crippen LogP) is 2.08. The first-order valence-corrected chi connectivity index (χ1v) is 9.35. The minimum absolute atomic E-state index is 0.580. The van der Waals surface area contributed by atoms with Gasteiger partial charge in [0, 0.05) is 63.0 Å². The molecule has 1 saturated heterocycles. The molecule has 2 N–H and O–H groups in total. The fourth-order valence-electron chi connectivity index (χ4n) is 3.06. The highest BCUT2D eigenvalue weighted by atomic mass is 16.2. The van der Waals surface area contributed by atoms with Crippen LogP contribution < -0.4 is 20.4 Å². The van der Waals surface area contributed by atoms with E-state index in [1.807, 2.05) is 61.5 Å². The van der Waals surface area contributed by atoms with E-state index in [0.717, 1.165) is 37.6 Å². The molecule has 0 atom stereocenters. The van der Waals surface area contributed by atoms with E-state index in [2.05, 4.69) is 27.5 Å². The molecule has 7 nitrogen and oxygen atoms in total. The van der Waals surface area contributed by atoms with Gasteiger partial charge in [-0.1, -0.05) is 6.07 Å². The van der Waals surface area contributed by atoms with Gasteiger partial charge in [-0.25, -0.2) is 0 Å². The van der Waals surface area contributed by atoms with Crippen molar-refractivity contribution in [2.45, 2.75) is 0 Å². The van der Waals surface area contributed by atoms with Crippen LogP contribution in [0.25, 0.3) is 0 Å². The van der Waals surface area contributed by atoms with Crippen LogP contribution in [-0.4, -0.2) is 64.0 Å². The molecule has 0 bridgehead atoms. The number of likely N-dealkylation sites (N-methyl/N-ethyl adjacent to an activating group) is 1. The standard InChI is InChI=1S/C21H27N5O2/c1-24(2)19-6-4-5-17(15-19)23-21(28)20(27)22-16-7-9-18(10-8-16)26-13-11-25(3)12-14-26/h4-10,15H,11-14H2,1-3H3,(H,22,27)(H,23,28). The van der Waals surface area contributed by atoms with Gasteiger partial charge in [-0.2, -0.15) is 0 Å². The lowest BCUT2D eigenvalue weighted by Crippen LogP contribution is -2.44. The summed E-state index contributed by atoms with van der Waals surface area (Å²) in [5.41, 5.74) is 3.24. The number of amides is 2. The molecular formula is C21H27N5O2.